The molecule has 0 amide bonds. The lowest BCUT2D eigenvalue weighted by molar-refractivity contribution is 0.395. The van der Waals surface area contributed by atoms with Gasteiger partial charge in [0.15, 0.2) is 5.11 Å². The summed E-state index contributed by atoms with van der Waals surface area (Å²) in [6, 6.07) is 3.55. The molecule has 0 spiro atoms. The Kier molecular flexibility index (Phi) is 4.35. The molecule has 1 aliphatic rings. The summed E-state index contributed by atoms with van der Waals surface area (Å²) in [5, 5.41) is 4.40. The molecule has 2 rings (SSSR count). The van der Waals surface area contributed by atoms with Crippen molar-refractivity contribution >= 4 is 34.6 Å². The summed E-state index contributed by atoms with van der Waals surface area (Å²) in [4.78, 5) is 1.91. The van der Waals surface area contributed by atoms with Crippen LogP contribution in [0.25, 0.3) is 0 Å². The maximum atomic E-state index is 6.24. The van der Waals surface area contributed by atoms with Crippen LogP contribution in [0.15, 0.2) is 23.9 Å². The van der Waals surface area contributed by atoms with Crippen LogP contribution >= 0.6 is 23.8 Å². The van der Waals surface area contributed by atoms with Gasteiger partial charge in [0.2, 0.25) is 0 Å². The van der Waals surface area contributed by atoms with E-state index in [4.69, 9.17) is 33.3 Å². The van der Waals surface area contributed by atoms with Crippen LogP contribution in [0.1, 0.15) is 20.8 Å². The fourth-order valence-corrected chi connectivity index (χ4v) is 3.17. The molecule has 21 heavy (non-hydrogen) atoms. The van der Waals surface area contributed by atoms with E-state index >= 15 is 0 Å². The minimum Gasteiger partial charge on any atom is -0.495 e. The molecule has 0 saturated heterocycles. The Morgan fingerprint density at radius 2 is 1.81 bits per heavy atom. The molecule has 1 heterocycles. The standard InChI is InChI=1S/C15H19ClN2O2S/c1-9-8-15(2,3)17-14(21)18(9)11-6-10(16)12(19-4)7-13(11)20-5/h6-8H,1-5H3,(H,17,21). The second kappa shape index (κ2) is 5.73. The van der Waals surface area contributed by atoms with E-state index in [-0.39, 0.29) is 5.54 Å². The number of methoxy groups -OCH3 is 2. The molecular weight excluding hydrogens is 308 g/mol. The van der Waals surface area contributed by atoms with Crippen molar-refractivity contribution in [3.05, 3.63) is 28.9 Å². The SMILES string of the molecule is COc1cc(OC)c(N2C(=S)NC(C)(C)C=C2C)cc1Cl. The Balaban J connectivity index is 2.56. The molecule has 1 aromatic rings. The first-order valence-electron chi connectivity index (χ1n) is 6.52. The molecule has 0 radical (unpaired) electrons. The topological polar surface area (TPSA) is 33.7 Å². The number of thiocarbonyl (C=S) groups is 1. The zero-order valence-electron chi connectivity index (χ0n) is 12.8. The summed E-state index contributed by atoms with van der Waals surface area (Å²) < 4.78 is 10.7. The molecular formula is C15H19ClN2O2S. The van der Waals surface area contributed by atoms with Gasteiger partial charge in [0.25, 0.3) is 0 Å². The molecule has 114 valence electrons. The molecule has 1 aliphatic heterocycles. The largest absolute Gasteiger partial charge is 0.495 e. The molecule has 0 bridgehead atoms. The predicted molar refractivity (Wildman–Crippen MR) is 90.6 cm³/mol. The number of nitrogens with one attached hydrogen (secondary N) is 1. The highest BCUT2D eigenvalue weighted by molar-refractivity contribution is 7.80. The summed E-state index contributed by atoms with van der Waals surface area (Å²) in [7, 11) is 3.18. The maximum absolute atomic E-state index is 6.24. The Labute approximate surface area is 135 Å². The average molecular weight is 327 g/mol. The summed E-state index contributed by atoms with van der Waals surface area (Å²) in [6.07, 6.45) is 2.11. The molecule has 0 aromatic heterocycles. The second-order valence-corrected chi connectivity index (χ2v) is 6.23. The minimum atomic E-state index is -0.179. The zero-order chi connectivity index (χ0) is 15.8. The molecule has 4 nitrogen and oxygen atoms in total. The van der Waals surface area contributed by atoms with Gasteiger partial charge >= 0.3 is 0 Å². The Hall–Kier alpha value is -1.46. The van der Waals surface area contributed by atoms with E-state index in [0.717, 1.165) is 11.4 Å². The quantitative estimate of drug-likeness (QED) is 0.856. The lowest BCUT2D eigenvalue weighted by Crippen LogP contribution is -2.53. The van der Waals surface area contributed by atoms with Gasteiger partial charge < -0.3 is 14.8 Å². The van der Waals surface area contributed by atoms with E-state index in [1.807, 2.05) is 11.8 Å². The van der Waals surface area contributed by atoms with Crippen LogP contribution in [-0.4, -0.2) is 24.9 Å². The van der Waals surface area contributed by atoms with Crippen molar-refractivity contribution in [2.75, 3.05) is 19.1 Å². The van der Waals surface area contributed by atoms with Gasteiger partial charge in [0.05, 0.1) is 30.5 Å². The van der Waals surface area contributed by atoms with Crippen molar-refractivity contribution in [1.82, 2.24) is 5.32 Å². The number of halogens is 1. The van der Waals surface area contributed by atoms with Crippen molar-refractivity contribution in [1.29, 1.82) is 0 Å². The highest BCUT2D eigenvalue weighted by Gasteiger charge is 2.29. The Morgan fingerprint density at radius 3 is 2.33 bits per heavy atom. The van der Waals surface area contributed by atoms with Gasteiger partial charge in [0.1, 0.15) is 11.5 Å². The van der Waals surface area contributed by atoms with E-state index in [0.29, 0.717) is 21.6 Å². The first-order valence-corrected chi connectivity index (χ1v) is 7.31. The van der Waals surface area contributed by atoms with Gasteiger partial charge in [-0.2, -0.15) is 0 Å². The highest BCUT2D eigenvalue weighted by atomic mass is 35.5. The fourth-order valence-electron chi connectivity index (χ4n) is 2.43. The maximum Gasteiger partial charge on any atom is 0.178 e. The lowest BCUT2D eigenvalue weighted by atomic mass is 10.0. The number of anilines is 1. The first-order chi connectivity index (χ1) is 9.79. The van der Waals surface area contributed by atoms with Crippen molar-refractivity contribution < 1.29 is 9.47 Å². The molecule has 0 saturated carbocycles. The van der Waals surface area contributed by atoms with Crippen molar-refractivity contribution in [2.45, 2.75) is 26.3 Å². The monoisotopic (exact) mass is 326 g/mol. The summed E-state index contributed by atoms with van der Waals surface area (Å²) >= 11 is 11.7. The van der Waals surface area contributed by atoms with Crippen LogP contribution in [0.5, 0.6) is 11.5 Å². The first kappa shape index (κ1) is 15.9. The van der Waals surface area contributed by atoms with Crippen LogP contribution < -0.4 is 19.7 Å². The number of nitrogens with zero attached hydrogens (tertiary/aromatic N) is 1. The average Bonchev–Trinajstić information content (AvgIpc) is 2.36. The fraction of sp³-hybridized carbons (Fsp3) is 0.400. The second-order valence-electron chi connectivity index (χ2n) is 5.43. The van der Waals surface area contributed by atoms with Crippen LogP contribution in [0.2, 0.25) is 5.02 Å². The normalized spacial score (nSPS) is 17.1. The minimum absolute atomic E-state index is 0.179. The number of rotatable bonds is 3. The third-order valence-corrected chi connectivity index (χ3v) is 3.83. The van der Waals surface area contributed by atoms with Crippen LogP contribution in [0.3, 0.4) is 0 Å². The molecule has 0 unspecified atom stereocenters. The van der Waals surface area contributed by atoms with Crippen molar-refractivity contribution in [3.63, 3.8) is 0 Å². The summed E-state index contributed by atoms with van der Waals surface area (Å²) in [5.41, 5.74) is 1.62. The van der Waals surface area contributed by atoms with Gasteiger partial charge in [-0.05, 0) is 45.1 Å². The van der Waals surface area contributed by atoms with Crippen LogP contribution in [0.4, 0.5) is 5.69 Å². The van der Waals surface area contributed by atoms with Gasteiger partial charge in [-0.1, -0.05) is 11.6 Å². The zero-order valence-corrected chi connectivity index (χ0v) is 14.4. The third kappa shape index (κ3) is 3.09. The van der Waals surface area contributed by atoms with E-state index in [1.165, 1.54) is 0 Å². The number of ether oxygens (including phenoxy) is 2. The van der Waals surface area contributed by atoms with Crippen LogP contribution in [0, 0.1) is 0 Å². The highest BCUT2D eigenvalue weighted by Crippen LogP contribution is 2.40. The molecule has 0 atom stereocenters. The molecule has 1 aromatic carbocycles. The van der Waals surface area contributed by atoms with Crippen molar-refractivity contribution in [3.8, 4) is 11.5 Å². The molecule has 0 fully saturated rings. The van der Waals surface area contributed by atoms with E-state index in [9.17, 15) is 0 Å². The van der Waals surface area contributed by atoms with Gasteiger partial charge in [-0.25, -0.2) is 0 Å². The van der Waals surface area contributed by atoms with Gasteiger partial charge in [-0.3, -0.25) is 4.90 Å². The van der Waals surface area contributed by atoms with Gasteiger partial charge in [0, 0.05) is 11.8 Å². The summed E-state index contributed by atoms with van der Waals surface area (Å²) in [5.74, 6) is 1.21. The number of benzene rings is 1. The van der Waals surface area contributed by atoms with E-state index < -0.39 is 0 Å². The smallest absolute Gasteiger partial charge is 0.178 e. The number of hydrogen-bond acceptors (Lipinski definition) is 3. The summed E-state index contributed by atoms with van der Waals surface area (Å²) in [6.45, 7) is 6.14. The predicted octanol–water partition coefficient (Wildman–Crippen LogP) is 3.73. The van der Waals surface area contributed by atoms with Crippen molar-refractivity contribution in [2.24, 2.45) is 0 Å². The van der Waals surface area contributed by atoms with E-state index in [2.05, 4.69) is 25.2 Å². The Bertz CT molecular complexity index is 614. The third-order valence-electron chi connectivity index (χ3n) is 3.25. The molecule has 0 aliphatic carbocycles. The van der Waals surface area contributed by atoms with Gasteiger partial charge in [-0.15, -0.1) is 0 Å². The van der Waals surface area contributed by atoms with E-state index in [1.54, 1.807) is 26.4 Å². The number of hydrogen-bond donors (Lipinski definition) is 1. The number of allylic oxidation sites excluding steroid dienone is 1. The van der Waals surface area contributed by atoms with Crippen LogP contribution in [-0.2, 0) is 0 Å². The lowest BCUT2D eigenvalue weighted by Gasteiger charge is -2.38. The molecule has 1 N–H and O–H groups in total. The molecule has 6 heteroatoms. The Morgan fingerprint density at radius 1 is 1.19 bits per heavy atom.